The van der Waals surface area contributed by atoms with Crippen molar-refractivity contribution in [3.8, 4) is 11.4 Å². The second kappa shape index (κ2) is 3.36. The van der Waals surface area contributed by atoms with E-state index in [4.69, 9.17) is 0 Å². The maximum absolute atomic E-state index is 4.47. The van der Waals surface area contributed by atoms with Crippen molar-refractivity contribution < 1.29 is 0 Å². The van der Waals surface area contributed by atoms with Gasteiger partial charge in [-0.2, -0.15) is 0 Å². The van der Waals surface area contributed by atoms with Gasteiger partial charge in [-0.25, -0.2) is 9.50 Å². The van der Waals surface area contributed by atoms with Crippen molar-refractivity contribution in [1.82, 2.24) is 29.2 Å². The molecule has 4 aromatic heterocycles. The lowest BCUT2D eigenvalue weighted by molar-refractivity contribution is 0.965. The van der Waals surface area contributed by atoms with Gasteiger partial charge in [-0.05, 0) is 24.3 Å². The Kier molecular flexibility index (Phi) is 1.74. The Morgan fingerprint density at radius 2 is 2.00 bits per heavy atom. The van der Waals surface area contributed by atoms with Crippen molar-refractivity contribution in [1.29, 1.82) is 0 Å². The highest BCUT2D eigenvalue weighted by atomic mass is 15.3. The topological polar surface area (TPSA) is 60.4 Å². The van der Waals surface area contributed by atoms with Gasteiger partial charge in [-0.3, -0.25) is 4.40 Å². The van der Waals surface area contributed by atoms with E-state index in [-0.39, 0.29) is 0 Å². The molecule has 4 heterocycles. The van der Waals surface area contributed by atoms with E-state index >= 15 is 0 Å². The molecule has 0 N–H and O–H groups in total. The van der Waals surface area contributed by atoms with Crippen LogP contribution in [-0.4, -0.2) is 29.2 Å². The molecule has 18 heavy (non-hydrogen) atoms. The highest BCUT2D eigenvalue weighted by molar-refractivity contribution is 5.62. The van der Waals surface area contributed by atoms with Crippen LogP contribution in [0.25, 0.3) is 22.7 Å². The quantitative estimate of drug-likeness (QED) is 0.501. The molecule has 86 valence electrons. The normalized spacial score (nSPS) is 11.3. The second-order valence-corrected chi connectivity index (χ2v) is 3.95. The number of aromatic nitrogens is 6. The third kappa shape index (κ3) is 1.29. The van der Waals surface area contributed by atoms with E-state index in [2.05, 4.69) is 20.3 Å². The number of fused-ring (bicyclic) bond motifs is 2. The summed E-state index contributed by atoms with van der Waals surface area (Å²) in [5.41, 5.74) is 2.54. The number of hydrogen-bond donors (Lipinski definition) is 0. The molecule has 0 amide bonds. The third-order valence-electron chi connectivity index (χ3n) is 2.80. The molecule has 0 bridgehead atoms. The van der Waals surface area contributed by atoms with E-state index in [9.17, 15) is 0 Å². The highest BCUT2D eigenvalue weighted by Gasteiger charge is 2.07. The summed E-state index contributed by atoms with van der Waals surface area (Å²) in [6, 6.07) is 9.65. The van der Waals surface area contributed by atoms with Crippen molar-refractivity contribution in [2.45, 2.75) is 0 Å². The summed E-state index contributed by atoms with van der Waals surface area (Å²) in [5.74, 6) is 0.687. The fourth-order valence-electron chi connectivity index (χ4n) is 1.91. The molecule has 0 aliphatic heterocycles. The SMILES string of the molecule is c1ccn2nc(-c3ccn4cnnc4c3)nc2c1. The highest BCUT2D eigenvalue weighted by Crippen LogP contribution is 2.17. The van der Waals surface area contributed by atoms with E-state index in [0.717, 1.165) is 16.9 Å². The van der Waals surface area contributed by atoms with Gasteiger partial charge in [0.05, 0.1) is 0 Å². The van der Waals surface area contributed by atoms with Crippen molar-refractivity contribution in [3.05, 3.63) is 49.1 Å². The Morgan fingerprint density at radius 3 is 2.94 bits per heavy atom. The Labute approximate surface area is 102 Å². The first-order valence-corrected chi connectivity index (χ1v) is 5.51. The molecular weight excluding hydrogens is 228 g/mol. The molecule has 6 nitrogen and oxygen atoms in total. The smallest absolute Gasteiger partial charge is 0.182 e. The average Bonchev–Trinajstić information content (AvgIpc) is 3.04. The van der Waals surface area contributed by atoms with Crippen LogP contribution in [0.2, 0.25) is 0 Å². The van der Waals surface area contributed by atoms with Gasteiger partial charge in [0.25, 0.3) is 0 Å². The summed E-state index contributed by atoms with van der Waals surface area (Å²) in [4.78, 5) is 4.47. The summed E-state index contributed by atoms with van der Waals surface area (Å²) in [7, 11) is 0. The lowest BCUT2D eigenvalue weighted by Crippen LogP contribution is -1.87. The van der Waals surface area contributed by atoms with Gasteiger partial charge in [-0.15, -0.1) is 15.3 Å². The number of hydrogen-bond acceptors (Lipinski definition) is 4. The van der Waals surface area contributed by atoms with Crippen molar-refractivity contribution in [2.75, 3.05) is 0 Å². The number of rotatable bonds is 1. The van der Waals surface area contributed by atoms with Crippen LogP contribution in [0, 0.1) is 0 Å². The van der Waals surface area contributed by atoms with Gasteiger partial charge in [0.15, 0.2) is 17.1 Å². The number of nitrogens with zero attached hydrogens (tertiary/aromatic N) is 6. The summed E-state index contributed by atoms with van der Waals surface area (Å²) in [6.07, 6.45) is 5.44. The van der Waals surface area contributed by atoms with Crippen LogP contribution in [-0.2, 0) is 0 Å². The van der Waals surface area contributed by atoms with Crippen LogP contribution >= 0.6 is 0 Å². The molecule has 0 aromatic carbocycles. The molecular formula is C12H8N6. The van der Waals surface area contributed by atoms with Crippen LogP contribution < -0.4 is 0 Å². The Hall–Kier alpha value is -2.76. The summed E-state index contributed by atoms with van der Waals surface area (Å²) in [6.45, 7) is 0. The van der Waals surface area contributed by atoms with Gasteiger partial charge >= 0.3 is 0 Å². The van der Waals surface area contributed by atoms with Gasteiger partial charge in [0.1, 0.15) is 6.33 Å². The standard InChI is InChI=1S/C12H8N6/c1-2-5-18-10(3-1)14-12(16-18)9-4-6-17-8-13-15-11(17)7-9/h1-8H. The average molecular weight is 236 g/mol. The molecule has 4 rings (SSSR count). The van der Waals surface area contributed by atoms with Crippen LogP contribution in [0.5, 0.6) is 0 Å². The molecule has 0 unspecified atom stereocenters. The van der Waals surface area contributed by atoms with E-state index in [0.29, 0.717) is 5.82 Å². The van der Waals surface area contributed by atoms with Gasteiger partial charge in [-0.1, -0.05) is 6.07 Å². The molecule has 0 saturated carbocycles. The molecule has 4 aromatic rings. The van der Waals surface area contributed by atoms with E-state index in [1.54, 1.807) is 10.8 Å². The minimum Gasteiger partial charge on any atom is -0.289 e. The first-order chi connectivity index (χ1) is 8.90. The fourth-order valence-corrected chi connectivity index (χ4v) is 1.91. The lowest BCUT2D eigenvalue weighted by atomic mass is 10.2. The first kappa shape index (κ1) is 9.29. The fraction of sp³-hybridized carbons (Fsp3) is 0. The second-order valence-electron chi connectivity index (χ2n) is 3.95. The third-order valence-corrected chi connectivity index (χ3v) is 2.80. The van der Waals surface area contributed by atoms with Crippen molar-refractivity contribution in [2.24, 2.45) is 0 Å². The minimum atomic E-state index is 0.687. The number of pyridine rings is 2. The molecule has 0 spiro atoms. The van der Waals surface area contributed by atoms with Crippen molar-refractivity contribution >= 4 is 11.3 Å². The molecule has 0 aliphatic rings. The Bertz CT molecular complexity index is 811. The zero-order valence-corrected chi connectivity index (χ0v) is 9.30. The summed E-state index contributed by atoms with van der Waals surface area (Å²) >= 11 is 0. The van der Waals surface area contributed by atoms with Crippen LogP contribution in [0.4, 0.5) is 0 Å². The molecule has 0 aliphatic carbocycles. The molecule has 0 saturated heterocycles. The van der Waals surface area contributed by atoms with Gasteiger partial charge in [0.2, 0.25) is 0 Å². The van der Waals surface area contributed by atoms with Crippen LogP contribution in [0.1, 0.15) is 0 Å². The lowest BCUT2D eigenvalue weighted by Gasteiger charge is -1.95. The van der Waals surface area contributed by atoms with Gasteiger partial charge in [0, 0.05) is 18.0 Å². The predicted octanol–water partition coefficient (Wildman–Crippen LogP) is 1.44. The molecule has 6 heteroatoms. The van der Waals surface area contributed by atoms with Crippen LogP contribution in [0.3, 0.4) is 0 Å². The molecule has 0 radical (unpaired) electrons. The molecule has 0 atom stereocenters. The van der Waals surface area contributed by atoms with Gasteiger partial charge < -0.3 is 0 Å². The zero-order chi connectivity index (χ0) is 11.9. The monoisotopic (exact) mass is 236 g/mol. The Morgan fingerprint density at radius 1 is 1.00 bits per heavy atom. The maximum Gasteiger partial charge on any atom is 0.182 e. The van der Waals surface area contributed by atoms with E-state index in [1.165, 1.54) is 0 Å². The maximum atomic E-state index is 4.47. The van der Waals surface area contributed by atoms with Crippen LogP contribution in [0.15, 0.2) is 49.1 Å². The molecule has 0 fully saturated rings. The predicted molar refractivity (Wildman–Crippen MR) is 65.0 cm³/mol. The van der Waals surface area contributed by atoms with E-state index in [1.807, 2.05) is 47.1 Å². The Balaban J connectivity index is 1.94. The van der Waals surface area contributed by atoms with E-state index < -0.39 is 0 Å². The first-order valence-electron chi connectivity index (χ1n) is 5.51. The zero-order valence-electron chi connectivity index (χ0n) is 9.30. The largest absolute Gasteiger partial charge is 0.289 e. The minimum absolute atomic E-state index is 0.687. The summed E-state index contributed by atoms with van der Waals surface area (Å²) in [5, 5.41) is 12.3. The summed E-state index contributed by atoms with van der Waals surface area (Å²) < 4.78 is 3.60. The van der Waals surface area contributed by atoms with Crippen molar-refractivity contribution in [3.63, 3.8) is 0 Å².